The highest BCUT2D eigenvalue weighted by atomic mass is 32.1. The quantitative estimate of drug-likeness (QED) is 0.640. The van der Waals surface area contributed by atoms with Crippen LogP contribution in [0.5, 0.6) is 0 Å². The fraction of sp³-hybridized carbons (Fsp3) is 0.800. The molecule has 3 heteroatoms. The van der Waals surface area contributed by atoms with E-state index in [9.17, 15) is 0 Å². The lowest BCUT2D eigenvalue weighted by atomic mass is 9.82. The van der Waals surface area contributed by atoms with Crippen LogP contribution in [0.3, 0.4) is 0 Å². The number of hydrogen-bond acceptors (Lipinski definition) is 3. The molecule has 0 saturated heterocycles. The normalized spacial score (nSPS) is 13.4. The van der Waals surface area contributed by atoms with Crippen LogP contribution in [0.15, 0.2) is 0 Å². The maximum atomic E-state index is 4.38. The number of aromatic nitrogens is 2. The van der Waals surface area contributed by atoms with Crippen molar-refractivity contribution < 1.29 is 0 Å². The predicted molar refractivity (Wildman–Crippen MR) is 57.3 cm³/mol. The molecule has 0 fully saturated rings. The van der Waals surface area contributed by atoms with Crippen molar-refractivity contribution in [2.75, 3.05) is 0 Å². The molecule has 1 heterocycles. The molecule has 0 aliphatic rings. The SMILES string of the molecule is CC(C)(C)c1nsnc1C(C)(C)C. The summed E-state index contributed by atoms with van der Waals surface area (Å²) in [6.45, 7) is 13.1. The monoisotopic (exact) mass is 198 g/mol. The summed E-state index contributed by atoms with van der Waals surface area (Å²) in [4.78, 5) is 0. The van der Waals surface area contributed by atoms with E-state index in [2.05, 4.69) is 50.3 Å². The van der Waals surface area contributed by atoms with Crippen molar-refractivity contribution in [3.05, 3.63) is 11.4 Å². The molecule has 0 bridgehead atoms. The van der Waals surface area contributed by atoms with Gasteiger partial charge >= 0.3 is 0 Å². The van der Waals surface area contributed by atoms with Crippen LogP contribution in [-0.2, 0) is 10.8 Å². The van der Waals surface area contributed by atoms with Crippen LogP contribution < -0.4 is 0 Å². The minimum atomic E-state index is 0.107. The van der Waals surface area contributed by atoms with Crippen molar-refractivity contribution >= 4 is 11.7 Å². The van der Waals surface area contributed by atoms with Gasteiger partial charge in [0.25, 0.3) is 0 Å². The summed E-state index contributed by atoms with van der Waals surface area (Å²) >= 11 is 1.32. The van der Waals surface area contributed by atoms with Crippen LogP contribution in [0.2, 0.25) is 0 Å². The van der Waals surface area contributed by atoms with Gasteiger partial charge in [0.2, 0.25) is 0 Å². The maximum Gasteiger partial charge on any atom is 0.0833 e. The Bertz CT molecular complexity index is 260. The zero-order chi connectivity index (χ0) is 10.3. The lowest BCUT2D eigenvalue weighted by Crippen LogP contribution is -2.21. The zero-order valence-corrected chi connectivity index (χ0v) is 10.1. The molecule has 0 atom stereocenters. The summed E-state index contributed by atoms with van der Waals surface area (Å²) in [6.07, 6.45) is 0. The van der Waals surface area contributed by atoms with Crippen LogP contribution >= 0.6 is 11.7 Å². The Morgan fingerprint density at radius 1 is 0.769 bits per heavy atom. The number of nitrogens with zero attached hydrogens (tertiary/aromatic N) is 2. The average Bonchev–Trinajstić information content (AvgIpc) is 2.27. The van der Waals surface area contributed by atoms with E-state index in [0.29, 0.717) is 0 Å². The van der Waals surface area contributed by atoms with Gasteiger partial charge in [-0.05, 0) is 0 Å². The van der Waals surface area contributed by atoms with Crippen molar-refractivity contribution in [1.82, 2.24) is 8.75 Å². The fourth-order valence-corrected chi connectivity index (χ4v) is 2.10. The van der Waals surface area contributed by atoms with Crippen LogP contribution in [0, 0.1) is 0 Å². The highest BCUT2D eigenvalue weighted by Crippen LogP contribution is 2.31. The van der Waals surface area contributed by atoms with Crippen LogP contribution in [0.4, 0.5) is 0 Å². The Morgan fingerprint density at radius 2 is 1.08 bits per heavy atom. The highest BCUT2D eigenvalue weighted by molar-refractivity contribution is 6.99. The molecule has 0 aliphatic heterocycles. The first kappa shape index (κ1) is 10.6. The van der Waals surface area contributed by atoms with E-state index >= 15 is 0 Å². The van der Waals surface area contributed by atoms with Crippen LogP contribution in [0.1, 0.15) is 52.9 Å². The van der Waals surface area contributed by atoms with Gasteiger partial charge in [0.05, 0.1) is 23.1 Å². The van der Waals surface area contributed by atoms with E-state index in [1.165, 1.54) is 11.7 Å². The molecule has 0 saturated carbocycles. The molecule has 0 N–H and O–H groups in total. The van der Waals surface area contributed by atoms with Gasteiger partial charge in [-0.1, -0.05) is 41.5 Å². The van der Waals surface area contributed by atoms with E-state index in [1.54, 1.807) is 0 Å². The van der Waals surface area contributed by atoms with E-state index in [0.717, 1.165) is 11.4 Å². The third-order valence-corrected chi connectivity index (χ3v) is 2.44. The molecule has 1 aromatic heterocycles. The summed E-state index contributed by atoms with van der Waals surface area (Å²) in [7, 11) is 0. The molecule has 0 aliphatic carbocycles. The standard InChI is InChI=1S/C10H18N2S/c1-9(2,3)7-8(10(4,5)6)12-13-11-7/h1-6H3. The Morgan fingerprint density at radius 3 is 1.31 bits per heavy atom. The van der Waals surface area contributed by atoms with Gasteiger partial charge in [-0.3, -0.25) is 0 Å². The maximum absolute atomic E-state index is 4.38. The van der Waals surface area contributed by atoms with E-state index in [1.807, 2.05) is 0 Å². The summed E-state index contributed by atoms with van der Waals surface area (Å²) in [5.41, 5.74) is 2.50. The summed E-state index contributed by atoms with van der Waals surface area (Å²) in [5.74, 6) is 0. The molecule has 0 spiro atoms. The molecule has 0 aromatic carbocycles. The molecule has 0 amide bonds. The second-order valence-corrected chi connectivity index (χ2v) is 5.99. The first-order chi connectivity index (χ1) is 5.73. The summed E-state index contributed by atoms with van der Waals surface area (Å²) in [6, 6.07) is 0. The Balaban J connectivity index is 3.19. The van der Waals surface area contributed by atoms with Crippen molar-refractivity contribution in [3.63, 3.8) is 0 Å². The summed E-state index contributed by atoms with van der Waals surface area (Å²) < 4.78 is 8.77. The van der Waals surface area contributed by atoms with Gasteiger partial charge in [-0.25, -0.2) is 0 Å². The minimum absolute atomic E-state index is 0.107. The van der Waals surface area contributed by atoms with E-state index in [4.69, 9.17) is 0 Å². The number of rotatable bonds is 0. The van der Waals surface area contributed by atoms with Gasteiger partial charge in [0.15, 0.2) is 0 Å². The van der Waals surface area contributed by atoms with E-state index in [-0.39, 0.29) is 10.8 Å². The average molecular weight is 198 g/mol. The molecule has 0 radical (unpaired) electrons. The molecule has 1 rings (SSSR count). The first-order valence-corrected chi connectivity index (χ1v) is 5.29. The van der Waals surface area contributed by atoms with Crippen molar-refractivity contribution in [2.24, 2.45) is 0 Å². The minimum Gasteiger partial charge on any atom is -0.177 e. The van der Waals surface area contributed by atoms with E-state index < -0.39 is 0 Å². The Kier molecular flexibility index (Phi) is 2.50. The predicted octanol–water partition coefficient (Wildman–Crippen LogP) is 3.13. The third kappa shape index (κ3) is 2.27. The van der Waals surface area contributed by atoms with Crippen LogP contribution in [0.25, 0.3) is 0 Å². The van der Waals surface area contributed by atoms with Crippen molar-refractivity contribution in [2.45, 2.75) is 52.4 Å². The zero-order valence-electron chi connectivity index (χ0n) is 9.30. The molecule has 0 unspecified atom stereocenters. The largest absolute Gasteiger partial charge is 0.177 e. The Hall–Kier alpha value is -0.440. The topological polar surface area (TPSA) is 25.8 Å². The van der Waals surface area contributed by atoms with Gasteiger partial charge in [-0.15, -0.1) is 0 Å². The molecule has 2 nitrogen and oxygen atoms in total. The van der Waals surface area contributed by atoms with Gasteiger partial charge in [-0.2, -0.15) is 8.75 Å². The first-order valence-electron chi connectivity index (χ1n) is 4.56. The van der Waals surface area contributed by atoms with Gasteiger partial charge in [0, 0.05) is 10.8 Å². The molecule has 13 heavy (non-hydrogen) atoms. The second kappa shape index (κ2) is 3.05. The molecular formula is C10H18N2S. The van der Waals surface area contributed by atoms with Crippen molar-refractivity contribution in [3.8, 4) is 0 Å². The Labute approximate surface area is 84.7 Å². The number of hydrogen-bond donors (Lipinski definition) is 0. The molecule has 1 aromatic rings. The van der Waals surface area contributed by atoms with Gasteiger partial charge < -0.3 is 0 Å². The highest BCUT2D eigenvalue weighted by Gasteiger charge is 2.28. The van der Waals surface area contributed by atoms with Crippen molar-refractivity contribution in [1.29, 1.82) is 0 Å². The van der Waals surface area contributed by atoms with Gasteiger partial charge in [0.1, 0.15) is 0 Å². The smallest absolute Gasteiger partial charge is 0.0833 e. The summed E-state index contributed by atoms with van der Waals surface area (Å²) in [5, 5.41) is 0. The second-order valence-electron chi connectivity index (χ2n) is 5.46. The lowest BCUT2D eigenvalue weighted by molar-refractivity contribution is 0.512. The molecular weight excluding hydrogens is 180 g/mol. The fourth-order valence-electron chi connectivity index (χ4n) is 1.17. The molecule has 74 valence electrons. The van der Waals surface area contributed by atoms with Crippen LogP contribution in [-0.4, -0.2) is 8.75 Å². The lowest BCUT2D eigenvalue weighted by Gasteiger charge is -2.23. The third-order valence-electron chi connectivity index (χ3n) is 1.91.